The summed E-state index contributed by atoms with van der Waals surface area (Å²) in [6, 6.07) is 2.12. The number of hydrogen-bond acceptors (Lipinski definition) is 0. The summed E-state index contributed by atoms with van der Waals surface area (Å²) in [7, 11) is 0. The highest BCUT2D eigenvalue weighted by atomic mass is 79.9. The minimum atomic E-state index is -1.43. The first-order valence-corrected chi connectivity index (χ1v) is 5.15. The van der Waals surface area contributed by atoms with Crippen LogP contribution >= 0.6 is 15.9 Å². The molecule has 0 nitrogen and oxygen atoms in total. The maximum atomic E-state index is 13.0. The lowest BCUT2D eigenvalue weighted by Gasteiger charge is -1.98. The Morgan fingerprint density at radius 3 is 2.50 bits per heavy atom. The molecule has 0 fully saturated rings. The zero-order chi connectivity index (χ0) is 10.6. The van der Waals surface area contributed by atoms with Gasteiger partial charge in [-0.1, -0.05) is 28.1 Å². The third kappa shape index (κ3) is 2.61. The van der Waals surface area contributed by atoms with Crippen molar-refractivity contribution in [2.24, 2.45) is 0 Å². The molecule has 0 bridgehead atoms. The first kappa shape index (κ1) is 11.3. The van der Waals surface area contributed by atoms with Gasteiger partial charge in [-0.2, -0.15) is 0 Å². The van der Waals surface area contributed by atoms with Crippen molar-refractivity contribution in [3.8, 4) is 0 Å². The molecule has 0 saturated heterocycles. The molecular weight excluding hydrogens is 257 g/mol. The van der Waals surface area contributed by atoms with Crippen LogP contribution in [0.4, 0.5) is 13.2 Å². The molecule has 1 aromatic rings. The van der Waals surface area contributed by atoms with Gasteiger partial charge in [0.25, 0.3) is 0 Å². The molecule has 0 spiro atoms. The Hall–Kier alpha value is -0.770. The van der Waals surface area contributed by atoms with Crippen LogP contribution < -0.4 is 0 Å². The number of halogens is 4. The van der Waals surface area contributed by atoms with Crippen molar-refractivity contribution in [2.45, 2.75) is 6.42 Å². The maximum absolute atomic E-state index is 13.0. The molecule has 0 N–H and O–H groups in total. The van der Waals surface area contributed by atoms with E-state index in [1.807, 2.05) is 0 Å². The predicted octanol–water partition coefficient (Wildman–Crippen LogP) is 3.90. The second-order valence-corrected chi connectivity index (χ2v) is 3.44. The number of hydrogen-bond donors (Lipinski definition) is 0. The van der Waals surface area contributed by atoms with Gasteiger partial charge in [0, 0.05) is 10.9 Å². The molecule has 1 aromatic carbocycles. The SMILES string of the molecule is Fc1ccc(C=CCCBr)c(F)c1F. The fourth-order valence-electron chi connectivity index (χ4n) is 0.943. The number of allylic oxidation sites excluding steroid dienone is 1. The molecule has 0 amide bonds. The molecule has 4 heteroatoms. The summed E-state index contributed by atoms with van der Waals surface area (Å²) >= 11 is 3.19. The molecule has 0 aliphatic carbocycles. The van der Waals surface area contributed by atoms with E-state index in [9.17, 15) is 13.2 Å². The molecule has 1 rings (SSSR count). The van der Waals surface area contributed by atoms with Crippen molar-refractivity contribution in [1.29, 1.82) is 0 Å². The lowest BCUT2D eigenvalue weighted by atomic mass is 10.2. The van der Waals surface area contributed by atoms with Gasteiger partial charge >= 0.3 is 0 Å². The van der Waals surface area contributed by atoms with Crippen LogP contribution in [0.5, 0.6) is 0 Å². The first-order chi connectivity index (χ1) is 6.66. The number of rotatable bonds is 3. The molecule has 0 aromatic heterocycles. The molecule has 76 valence electrons. The second-order valence-electron chi connectivity index (χ2n) is 2.64. The smallest absolute Gasteiger partial charge is 0.195 e. The van der Waals surface area contributed by atoms with E-state index in [0.717, 1.165) is 11.4 Å². The monoisotopic (exact) mass is 264 g/mol. The van der Waals surface area contributed by atoms with E-state index < -0.39 is 17.5 Å². The van der Waals surface area contributed by atoms with Gasteiger partial charge in [-0.25, -0.2) is 13.2 Å². The van der Waals surface area contributed by atoms with Gasteiger partial charge in [-0.15, -0.1) is 0 Å². The zero-order valence-corrected chi connectivity index (χ0v) is 8.82. The van der Waals surface area contributed by atoms with Crippen LogP contribution in [0, 0.1) is 17.5 Å². The molecule has 0 saturated carbocycles. The summed E-state index contributed by atoms with van der Waals surface area (Å²) in [6.45, 7) is 0. The Balaban J connectivity index is 2.94. The van der Waals surface area contributed by atoms with Crippen LogP contribution in [0.15, 0.2) is 18.2 Å². The fourth-order valence-corrected chi connectivity index (χ4v) is 1.21. The van der Waals surface area contributed by atoms with Crippen LogP contribution in [-0.4, -0.2) is 5.33 Å². The average Bonchev–Trinajstić information content (AvgIpc) is 2.18. The van der Waals surface area contributed by atoms with Crippen molar-refractivity contribution in [3.05, 3.63) is 41.2 Å². The van der Waals surface area contributed by atoms with Crippen LogP contribution in [0.25, 0.3) is 6.08 Å². The van der Waals surface area contributed by atoms with E-state index in [4.69, 9.17) is 0 Å². The van der Waals surface area contributed by atoms with Gasteiger partial charge in [0.15, 0.2) is 17.5 Å². The zero-order valence-electron chi connectivity index (χ0n) is 7.24. The van der Waals surface area contributed by atoms with Crippen molar-refractivity contribution >= 4 is 22.0 Å². The quantitative estimate of drug-likeness (QED) is 0.574. The molecule has 0 aliphatic heterocycles. The Morgan fingerprint density at radius 1 is 1.14 bits per heavy atom. The Labute approximate surface area is 88.6 Å². The molecule has 0 heterocycles. The highest BCUT2D eigenvalue weighted by molar-refractivity contribution is 9.09. The lowest BCUT2D eigenvalue weighted by Crippen LogP contribution is -1.92. The summed E-state index contributed by atoms with van der Waals surface area (Å²) in [5.41, 5.74) is 0.0600. The van der Waals surface area contributed by atoms with Crippen molar-refractivity contribution in [3.63, 3.8) is 0 Å². The Bertz CT molecular complexity index is 347. The highest BCUT2D eigenvalue weighted by Crippen LogP contribution is 2.16. The van der Waals surface area contributed by atoms with Gasteiger partial charge in [0.2, 0.25) is 0 Å². The van der Waals surface area contributed by atoms with Crippen LogP contribution in [0.2, 0.25) is 0 Å². The topological polar surface area (TPSA) is 0 Å². The van der Waals surface area contributed by atoms with E-state index in [2.05, 4.69) is 15.9 Å². The summed E-state index contributed by atoms with van der Waals surface area (Å²) in [5, 5.41) is 0.745. The summed E-state index contributed by atoms with van der Waals surface area (Å²) in [6.07, 6.45) is 3.82. The van der Waals surface area contributed by atoms with Crippen molar-refractivity contribution < 1.29 is 13.2 Å². The van der Waals surface area contributed by atoms with Crippen LogP contribution in [0.1, 0.15) is 12.0 Å². The minimum absolute atomic E-state index is 0.0600. The lowest BCUT2D eigenvalue weighted by molar-refractivity contribution is 0.446. The number of benzene rings is 1. The van der Waals surface area contributed by atoms with Gasteiger partial charge in [0.05, 0.1) is 0 Å². The predicted molar refractivity (Wildman–Crippen MR) is 53.8 cm³/mol. The van der Waals surface area contributed by atoms with E-state index >= 15 is 0 Å². The minimum Gasteiger partial charge on any atom is -0.204 e. The highest BCUT2D eigenvalue weighted by Gasteiger charge is 2.10. The van der Waals surface area contributed by atoms with E-state index in [1.54, 1.807) is 6.08 Å². The molecule has 0 unspecified atom stereocenters. The van der Waals surface area contributed by atoms with Crippen molar-refractivity contribution in [1.82, 2.24) is 0 Å². The summed E-state index contributed by atoms with van der Waals surface area (Å²) in [5.74, 6) is -3.73. The normalized spacial score (nSPS) is 11.1. The first-order valence-electron chi connectivity index (χ1n) is 4.03. The van der Waals surface area contributed by atoms with Gasteiger partial charge in [-0.05, 0) is 18.6 Å². The Morgan fingerprint density at radius 2 is 1.86 bits per heavy atom. The number of alkyl halides is 1. The molecule has 0 radical (unpaired) electrons. The summed E-state index contributed by atoms with van der Waals surface area (Å²) < 4.78 is 38.2. The molecule has 14 heavy (non-hydrogen) atoms. The van der Waals surface area contributed by atoms with Gasteiger partial charge in [-0.3, -0.25) is 0 Å². The second kappa shape index (κ2) is 5.20. The molecule has 0 atom stereocenters. The van der Waals surface area contributed by atoms with Crippen molar-refractivity contribution in [2.75, 3.05) is 5.33 Å². The van der Waals surface area contributed by atoms with Gasteiger partial charge in [0.1, 0.15) is 0 Å². The third-order valence-electron chi connectivity index (χ3n) is 1.64. The van der Waals surface area contributed by atoms with Crippen LogP contribution in [0.3, 0.4) is 0 Å². The van der Waals surface area contributed by atoms with Crippen LogP contribution in [-0.2, 0) is 0 Å². The Kier molecular flexibility index (Phi) is 4.20. The third-order valence-corrected chi connectivity index (χ3v) is 2.10. The maximum Gasteiger partial charge on any atom is 0.195 e. The molecular formula is C10H8BrF3. The fraction of sp³-hybridized carbons (Fsp3) is 0.200. The van der Waals surface area contributed by atoms with E-state index in [0.29, 0.717) is 6.42 Å². The van der Waals surface area contributed by atoms with E-state index in [-0.39, 0.29) is 5.56 Å². The average molecular weight is 265 g/mol. The summed E-state index contributed by atoms with van der Waals surface area (Å²) in [4.78, 5) is 0. The van der Waals surface area contributed by atoms with Gasteiger partial charge < -0.3 is 0 Å². The standard InChI is InChI=1S/C10H8BrF3/c11-6-2-1-3-7-4-5-8(12)10(14)9(7)13/h1,3-5H,2,6H2. The van der Waals surface area contributed by atoms with E-state index in [1.165, 1.54) is 12.1 Å². The largest absolute Gasteiger partial charge is 0.204 e. The molecule has 0 aliphatic rings.